The predicted octanol–water partition coefficient (Wildman–Crippen LogP) is 7.00. The van der Waals surface area contributed by atoms with Crippen molar-refractivity contribution in [3.05, 3.63) is 102 Å². The first kappa shape index (κ1) is 25.6. The van der Waals surface area contributed by atoms with Crippen LogP contribution in [0, 0.1) is 5.82 Å². The minimum absolute atomic E-state index is 0.177. The second-order valence-corrected chi connectivity index (χ2v) is 9.58. The number of halogens is 1. The third-order valence-corrected chi connectivity index (χ3v) is 5.56. The first-order valence-corrected chi connectivity index (χ1v) is 11.8. The number of carbonyl (C=O) groups is 2. The molecule has 190 valence electrons. The van der Waals surface area contributed by atoms with Crippen molar-refractivity contribution >= 4 is 34.5 Å². The van der Waals surface area contributed by atoms with Crippen LogP contribution in [0.4, 0.5) is 25.5 Å². The van der Waals surface area contributed by atoms with E-state index in [1.54, 1.807) is 32.9 Å². The van der Waals surface area contributed by atoms with E-state index in [0.29, 0.717) is 29.1 Å². The molecule has 8 heteroatoms. The van der Waals surface area contributed by atoms with Gasteiger partial charge in [-0.05, 0) is 55.5 Å². The lowest BCUT2D eigenvalue weighted by atomic mass is 10.1. The van der Waals surface area contributed by atoms with Crippen molar-refractivity contribution in [2.75, 3.05) is 9.80 Å². The minimum Gasteiger partial charge on any atom is -0.464 e. The van der Waals surface area contributed by atoms with Crippen LogP contribution in [0.5, 0.6) is 0 Å². The Balaban J connectivity index is 1.79. The van der Waals surface area contributed by atoms with Gasteiger partial charge in [0.2, 0.25) is 0 Å². The lowest BCUT2D eigenvalue weighted by Crippen LogP contribution is -2.40. The van der Waals surface area contributed by atoms with Crippen molar-refractivity contribution in [2.24, 2.45) is 0 Å². The van der Waals surface area contributed by atoms with Gasteiger partial charge in [-0.15, -0.1) is 0 Å². The zero-order chi connectivity index (χ0) is 26.6. The minimum atomic E-state index is -1.58. The molecule has 0 saturated carbocycles. The fourth-order valence-electron chi connectivity index (χ4n) is 3.98. The summed E-state index contributed by atoms with van der Waals surface area (Å²) in [5.74, 6) is -0.787. The number of fused-ring (bicyclic) bond motifs is 1. The van der Waals surface area contributed by atoms with E-state index in [9.17, 15) is 14.7 Å². The zero-order valence-corrected chi connectivity index (χ0v) is 20.9. The van der Waals surface area contributed by atoms with Crippen LogP contribution in [0.1, 0.15) is 31.9 Å². The van der Waals surface area contributed by atoms with Crippen molar-refractivity contribution in [3.63, 3.8) is 0 Å². The maximum atomic E-state index is 15.7. The van der Waals surface area contributed by atoms with Crippen LogP contribution in [0.2, 0.25) is 0 Å². The van der Waals surface area contributed by atoms with Crippen LogP contribution in [0.15, 0.2) is 85.1 Å². The van der Waals surface area contributed by atoms with E-state index >= 15 is 4.39 Å². The monoisotopic (exact) mass is 501 g/mol. The first-order chi connectivity index (χ1) is 17.6. The van der Waals surface area contributed by atoms with Crippen molar-refractivity contribution in [2.45, 2.75) is 39.5 Å². The van der Waals surface area contributed by atoms with Gasteiger partial charge in [0.1, 0.15) is 11.4 Å². The highest BCUT2D eigenvalue weighted by molar-refractivity contribution is 6.13. The molecule has 2 amide bonds. The van der Waals surface area contributed by atoms with E-state index in [0.717, 1.165) is 11.1 Å². The van der Waals surface area contributed by atoms with Crippen LogP contribution in [0.25, 0.3) is 10.8 Å². The Kier molecular flexibility index (Phi) is 7.38. The molecule has 1 heterocycles. The first-order valence-electron chi connectivity index (χ1n) is 11.8. The molecule has 0 spiro atoms. The average Bonchev–Trinajstić information content (AvgIpc) is 2.84. The van der Waals surface area contributed by atoms with Crippen LogP contribution in [0.3, 0.4) is 0 Å². The number of nitrogens with zero attached hydrogens (tertiary/aromatic N) is 3. The zero-order valence-electron chi connectivity index (χ0n) is 20.9. The second kappa shape index (κ2) is 10.7. The summed E-state index contributed by atoms with van der Waals surface area (Å²) < 4.78 is 21.0. The summed E-state index contributed by atoms with van der Waals surface area (Å²) in [6, 6.07) is 24.0. The molecule has 0 saturated heterocycles. The SMILES string of the molecule is CC(C)(C)OC(=O)N(C(=O)O)c1nccc2cc(N(Cc3ccccc3)Cc3ccccc3)c(F)cc12. The summed E-state index contributed by atoms with van der Waals surface area (Å²) in [4.78, 5) is 31.1. The summed E-state index contributed by atoms with van der Waals surface area (Å²) in [6.07, 6.45) is -1.30. The quantitative estimate of drug-likeness (QED) is 0.306. The number of carbonyl (C=O) groups excluding carboxylic acids is 1. The van der Waals surface area contributed by atoms with Gasteiger partial charge in [-0.3, -0.25) is 0 Å². The van der Waals surface area contributed by atoms with Gasteiger partial charge < -0.3 is 14.7 Å². The van der Waals surface area contributed by atoms with Crippen LogP contribution in [-0.4, -0.2) is 27.9 Å². The second-order valence-electron chi connectivity index (χ2n) is 9.58. The van der Waals surface area contributed by atoms with Gasteiger partial charge in [0.15, 0.2) is 5.82 Å². The average molecular weight is 502 g/mol. The van der Waals surface area contributed by atoms with E-state index in [1.807, 2.05) is 65.6 Å². The number of benzene rings is 3. The molecule has 1 N–H and O–H groups in total. The van der Waals surface area contributed by atoms with Crippen molar-refractivity contribution in [3.8, 4) is 0 Å². The summed E-state index contributed by atoms with van der Waals surface area (Å²) in [7, 11) is 0. The fourth-order valence-corrected chi connectivity index (χ4v) is 3.98. The molecule has 7 nitrogen and oxygen atoms in total. The number of pyridine rings is 1. The number of hydrogen-bond acceptors (Lipinski definition) is 5. The standard InChI is InChI=1S/C29H28FN3O4/c1-29(2,3)37-28(36)33(27(34)35)26-23-17-24(30)25(16-22(23)14-15-31-26)32(18-20-10-6-4-7-11-20)19-21-12-8-5-9-13-21/h4-17H,18-19H2,1-3H3,(H,34,35). The molecule has 4 rings (SSSR count). The number of amides is 2. The summed E-state index contributed by atoms with van der Waals surface area (Å²) >= 11 is 0. The number of imide groups is 1. The maximum Gasteiger partial charge on any atom is 0.425 e. The molecule has 0 unspecified atom stereocenters. The molecule has 4 aromatic rings. The molecule has 3 aromatic carbocycles. The van der Waals surface area contributed by atoms with E-state index in [2.05, 4.69) is 4.98 Å². The van der Waals surface area contributed by atoms with Crippen molar-refractivity contribution in [1.29, 1.82) is 0 Å². The number of aromatic nitrogens is 1. The molecule has 37 heavy (non-hydrogen) atoms. The smallest absolute Gasteiger partial charge is 0.425 e. The summed E-state index contributed by atoms with van der Waals surface area (Å²) in [5, 5.41) is 10.5. The molecule has 0 aliphatic heterocycles. The molecule has 0 fully saturated rings. The van der Waals surface area contributed by atoms with Crippen molar-refractivity contribution < 1.29 is 23.8 Å². The molecular formula is C29H28FN3O4. The van der Waals surface area contributed by atoms with Gasteiger partial charge in [0.05, 0.1) is 5.69 Å². The summed E-state index contributed by atoms with van der Waals surface area (Å²) in [5.41, 5.74) is 1.44. The Morgan fingerprint density at radius 1 is 0.919 bits per heavy atom. The summed E-state index contributed by atoms with van der Waals surface area (Å²) in [6.45, 7) is 5.79. The number of carboxylic acid groups (broad SMARTS) is 1. The highest BCUT2D eigenvalue weighted by Gasteiger charge is 2.31. The maximum absolute atomic E-state index is 15.7. The molecule has 0 aliphatic rings. The van der Waals surface area contributed by atoms with Gasteiger partial charge in [0, 0.05) is 24.7 Å². The number of anilines is 2. The van der Waals surface area contributed by atoms with Gasteiger partial charge in [-0.1, -0.05) is 60.7 Å². The molecule has 1 aromatic heterocycles. The molecular weight excluding hydrogens is 473 g/mol. The molecule has 0 aliphatic carbocycles. The van der Waals surface area contributed by atoms with E-state index in [-0.39, 0.29) is 11.2 Å². The number of ether oxygens (including phenoxy) is 1. The van der Waals surface area contributed by atoms with Gasteiger partial charge >= 0.3 is 12.2 Å². The van der Waals surface area contributed by atoms with E-state index < -0.39 is 23.6 Å². The van der Waals surface area contributed by atoms with E-state index in [4.69, 9.17) is 4.74 Å². The lowest BCUT2D eigenvalue weighted by Gasteiger charge is -2.27. The highest BCUT2D eigenvalue weighted by atomic mass is 19.1. The third-order valence-electron chi connectivity index (χ3n) is 5.56. The highest BCUT2D eigenvalue weighted by Crippen LogP contribution is 2.33. The predicted molar refractivity (Wildman–Crippen MR) is 141 cm³/mol. The van der Waals surface area contributed by atoms with Crippen LogP contribution >= 0.6 is 0 Å². The van der Waals surface area contributed by atoms with Crippen LogP contribution < -0.4 is 9.80 Å². The Hall–Kier alpha value is -4.46. The van der Waals surface area contributed by atoms with Gasteiger partial charge in [-0.25, -0.2) is 19.0 Å². The Bertz CT molecular complexity index is 1360. The topological polar surface area (TPSA) is 83.0 Å². The fraction of sp³-hybridized carbons (Fsp3) is 0.207. The number of hydrogen-bond donors (Lipinski definition) is 1. The third kappa shape index (κ3) is 6.22. The Morgan fingerprint density at radius 2 is 1.49 bits per heavy atom. The van der Waals surface area contributed by atoms with Gasteiger partial charge in [0.25, 0.3) is 0 Å². The van der Waals surface area contributed by atoms with E-state index in [1.165, 1.54) is 12.3 Å². The Labute approximate surface area is 214 Å². The Morgan fingerprint density at radius 3 is 2.00 bits per heavy atom. The largest absolute Gasteiger partial charge is 0.464 e. The number of rotatable bonds is 6. The lowest BCUT2D eigenvalue weighted by molar-refractivity contribution is 0.0581. The van der Waals surface area contributed by atoms with Crippen molar-refractivity contribution in [1.82, 2.24) is 4.98 Å². The van der Waals surface area contributed by atoms with Gasteiger partial charge in [-0.2, -0.15) is 4.90 Å². The molecule has 0 atom stereocenters. The normalized spacial score (nSPS) is 11.2. The molecule has 0 radical (unpaired) electrons. The molecule has 0 bridgehead atoms. The van der Waals surface area contributed by atoms with Crippen LogP contribution in [-0.2, 0) is 17.8 Å².